The second-order valence-electron chi connectivity index (χ2n) is 7.93. The van der Waals surface area contributed by atoms with Crippen LogP contribution < -0.4 is 0 Å². The molecule has 1 amide bonds. The first-order chi connectivity index (χ1) is 14.7. The predicted octanol–water partition coefficient (Wildman–Crippen LogP) is 3.33. The zero-order valence-corrected chi connectivity index (χ0v) is 16.5. The van der Waals surface area contributed by atoms with Crippen molar-refractivity contribution in [1.82, 2.24) is 14.3 Å². The van der Waals surface area contributed by atoms with Crippen molar-refractivity contribution in [3.8, 4) is 0 Å². The van der Waals surface area contributed by atoms with Gasteiger partial charge >= 0.3 is 6.09 Å². The van der Waals surface area contributed by atoms with E-state index in [0.29, 0.717) is 31.6 Å². The molecule has 2 unspecified atom stereocenters. The first kappa shape index (κ1) is 18.8. The van der Waals surface area contributed by atoms with Crippen LogP contribution in [0, 0.1) is 5.92 Å². The molecule has 30 heavy (non-hydrogen) atoms. The molecule has 2 bridgehead atoms. The molecule has 0 N–H and O–H groups in total. The number of nitrogens with zero attached hydrogens (tertiary/aromatic N) is 3. The summed E-state index contributed by atoms with van der Waals surface area (Å²) in [7, 11) is 0. The highest BCUT2D eigenvalue weighted by atomic mass is 16.6. The highest BCUT2D eigenvalue weighted by molar-refractivity contribution is 5.98. The molecule has 5 rings (SSSR count). The van der Waals surface area contributed by atoms with Crippen molar-refractivity contribution in [1.29, 1.82) is 0 Å². The number of rotatable bonds is 4. The monoisotopic (exact) mass is 405 g/mol. The number of benzene rings is 1. The van der Waals surface area contributed by atoms with Crippen molar-refractivity contribution in [2.75, 3.05) is 13.2 Å². The lowest BCUT2D eigenvalue weighted by molar-refractivity contribution is -0.0755. The Morgan fingerprint density at radius 2 is 1.83 bits per heavy atom. The fraction of sp³-hybridized carbons (Fsp3) is 0.348. The van der Waals surface area contributed by atoms with Crippen LogP contribution in [0.5, 0.6) is 0 Å². The molecule has 2 aliphatic rings. The van der Waals surface area contributed by atoms with E-state index in [4.69, 9.17) is 9.47 Å². The molecular weight excluding hydrogens is 382 g/mol. The maximum atomic E-state index is 13.2. The zero-order chi connectivity index (χ0) is 20.5. The molecule has 3 aromatic rings. The number of aromatic nitrogens is 2. The van der Waals surface area contributed by atoms with Crippen LogP contribution in [-0.4, -0.2) is 51.5 Å². The van der Waals surface area contributed by atoms with Crippen LogP contribution >= 0.6 is 0 Å². The largest absolute Gasteiger partial charge is 0.445 e. The van der Waals surface area contributed by atoms with Gasteiger partial charge in [-0.25, -0.2) is 9.78 Å². The molecule has 2 aliphatic heterocycles. The number of imidazole rings is 1. The van der Waals surface area contributed by atoms with Gasteiger partial charge in [-0.15, -0.1) is 0 Å². The van der Waals surface area contributed by atoms with Crippen molar-refractivity contribution in [2.24, 2.45) is 5.92 Å². The molecule has 2 aromatic heterocycles. The number of carbonyl (C=O) groups is 2. The summed E-state index contributed by atoms with van der Waals surface area (Å²) >= 11 is 0. The van der Waals surface area contributed by atoms with E-state index in [1.54, 1.807) is 11.1 Å². The Balaban J connectivity index is 1.28. The van der Waals surface area contributed by atoms with Crippen molar-refractivity contribution in [2.45, 2.75) is 31.5 Å². The molecule has 154 valence electrons. The first-order valence-electron chi connectivity index (χ1n) is 10.2. The first-order valence-corrected chi connectivity index (χ1v) is 10.2. The van der Waals surface area contributed by atoms with Gasteiger partial charge in [0, 0.05) is 30.1 Å². The minimum Gasteiger partial charge on any atom is -0.445 e. The lowest BCUT2D eigenvalue weighted by Crippen LogP contribution is -2.59. The fourth-order valence-corrected chi connectivity index (χ4v) is 4.52. The molecule has 2 atom stereocenters. The second kappa shape index (κ2) is 7.91. The molecule has 1 aromatic carbocycles. The zero-order valence-electron chi connectivity index (χ0n) is 16.5. The topological polar surface area (TPSA) is 73.1 Å². The maximum Gasteiger partial charge on any atom is 0.410 e. The summed E-state index contributed by atoms with van der Waals surface area (Å²) in [5, 5.41) is 0. The molecule has 0 saturated carbocycles. The normalized spacial score (nSPS) is 23.3. The smallest absolute Gasteiger partial charge is 0.410 e. The van der Waals surface area contributed by atoms with Gasteiger partial charge in [-0.3, -0.25) is 9.69 Å². The van der Waals surface area contributed by atoms with Crippen molar-refractivity contribution >= 4 is 17.5 Å². The van der Waals surface area contributed by atoms with Crippen LogP contribution in [0.3, 0.4) is 0 Å². The van der Waals surface area contributed by atoms with E-state index in [0.717, 1.165) is 11.2 Å². The Labute approximate surface area is 174 Å². The van der Waals surface area contributed by atoms with Crippen LogP contribution in [-0.2, 0) is 16.1 Å². The predicted molar refractivity (Wildman–Crippen MR) is 109 cm³/mol. The van der Waals surface area contributed by atoms with Gasteiger partial charge in [-0.2, -0.15) is 0 Å². The Morgan fingerprint density at radius 1 is 1.07 bits per heavy atom. The molecule has 2 saturated heterocycles. The van der Waals surface area contributed by atoms with Gasteiger partial charge in [0.25, 0.3) is 0 Å². The number of ketones is 1. The van der Waals surface area contributed by atoms with Gasteiger partial charge < -0.3 is 13.9 Å². The van der Waals surface area contributed by atoms with Crippen LogP contribution in [0.1, 0.15) is 28.8 Å². The van der Waals surface area contributed by atoms with Crippen LogP contribution in [0.4, 0.5) is 4.79 Å². The van der Waals surface area contributed by atoms with E-state index in [1.165, 1.54) is 0 Å². The average Bonchev–Trinajstić information content (AvgIpc) is 3.24. The fourth-order valence-electron chi connectivity index (χ4n) is 4.52. The Morgan fingerprint density at radius 3 is 2.60 bits per heavy atom. The Bertz CT molecular complexity index is 1050. The van der Waals surface area contributed by atoms with Crippen molar-refractivity contribution < 1.29 is 19.1 Å². The van der Waals surface area contributed by atoms with Gasteiger partial charge in [0.2, 0.25) is 0 Å². The SMILES string of the molecule is O=C(c1ccn2ccnc2c1)C1CC2COCC(C1)N2C(=O)OCc1ccccc1. The minimum absolute atomic E-state index is 0.106. The average molecular weight is 405 g/mol. The number of hydrogen-bond donors (Lipinski definition) is 0. The number of ether oxygens (including phenoxy) is 2. The maximum absolute atomic E-state index is 13.2. The number of Topliss-reactive ketones (excluding diaryl/α,β-unsaturated/α-hetero) is 1. The van der Waals surface area contributed by atoms with E-state index in [9.17, 15) is 9.59 Å². The van der Waals surface area contributed by atoms with Gasteiger partial charge in [-0.1, -0.05) is 30.3 Å². The highest BCUT2D eigenvalue weighted by Crippen LogP contribution is 2.34. The van der Waals surface area contributed by atoms with Gasteiger partial charge in [0.1, 0.15) is 12.3 Å². The number of carbonyl (C=O) groups excluding carboxylic acids is 2. The summed E-state index contributed by atoms with van der Waals surface area (Å²) < 4.78 is 13.1. The third-order valence-corrected chi connectivity index (χ3v) is 5.99. The second-order valence-corrected chi connectivity index (χ2v) is 7.93. The third-order valence-electron chi connectivity index (χ3n) is 5.99. The lowest BCUT2D eigenvalue weighted by Gasteiger charge is -2.47. The molecular formula is C23H23N3O4. The molecule has 7 nitrogen and oxygen atoms in total. The number of hydrogen-bond acceptors (Lipinski definition) is 5. The summed E-state index contributed by atoms with van der Waals surface area (Å²) in [5.74, 6) is -0.0332. The van der Waals surface area contributed by atoms with E-state index >= 15 is 0 Å². The quantitative estimate of drug-likeness (QED) is 0.623. The van der Waals surface area contributed by atoms with Crippen LogP contribution in [0.2, 0.25) is 0 Å². The number of fused-ring (bicyclic) bond motifs is 3. The summed E-state index contributed by atoms with van der Waals surface area (Å²) in [6.45, 7) is 1.10. The van der Waals surface area contributed by atoms with E-state index in [2.05, 4.69) is 4.98 Å². The molecule has 0 radical (unpaired) electrons. The Kier molecular flexibility index (Phi) is 4.96. The molecule has 4 heterocycles. The summed E-state index contributed by atoms with van der Waals surface area (Å²) in [6.07, 6.45) is 6.25. The molecule has 2 fully saturated rings. The standard InChI is InChI=1S/C23H23N3O4/c27-22(17-6-8-25-9-7-24-21(25)12-17)18-10-19-14-29-15-20(11-18)26(19)23(28)30-13-16-4-2-1-3-5-16/h1-9,12,18-20H,10-11,13-15H2. The van der Waals surface area contributed by atoms with E-state index in [-0.39, 0.29) is 36.5 Å². The summed E-state index contributed by atoms with van der Waals surface area (Å²) in [5.41, 5.74) is 2.37. The van der Waals surface area contributed by atoms with Crippen molar-refractivity contribution in [3.63, 3.8) is 0 Å². The summed E-state index contributed by atoms with van der Waals surface area (Å²) in [6, 6.07) is 13.0. The molecule has 0 spiro atoms. The van der Waals surface area contributed by atoms with Gasteiger partial charge in [0.15, 0.2) is 5.78 Å². The van der Waals surface area contributed by atoms with Gasteiger partial charge in [0.05, 0.1) is 25.3 Å². The number of pyridine rings is 1. The molecule has 0 aliphatic carbocycles. The van der Waals surface area contributed by atoms with Crippen LogP contribution in [0.25, 0.3) is 5.65 Å². The van der Waals surface area contributed by atoms with E-state index < -0.39 is 0 Å². The Hall–Kier alpha value is -3.19. The minimum atomic E-state index is -0.332. The molecule has 7 heteroatoms. The number of morpholine rings is 1. The summed E-state index contributed by atoms with van der Waals surface area (Å²) in [4.78, 5) is 32.0. The van der Waals surface area contributed by atoms with Crippen LogP contribution in [0.15, 0.2) is 61.1 Å². The highest BCUT2D eigenvalue weighted by Gasteiger charge is 2.44. The number of amides is 1. The van der Waals surface area contributed by atoms with E-state index in [1.807, 2.05) is 59.3 Å². The van der Waals surface area contributed by atoms with Gasteiger partial charge in [-0.05, 0) is 30.5 Å². The van der Waals surface area contributed by atoms with Crippen molar-refractivity contribution in [3.05, 3.63) is 72.2 Å². The lowest BCUT2D eigenvalue weighted by atomic mass is 9.81. The third kappa shape index (κ3) is 3.57. The number of piperidine rings is 1.